The Morgan fingerprint density at radius 2 is 1.80 bits per heavy atom. The molecule has 11 heteroatoms. The van der Waals surface area contributed by atoms with Gasteiger partial charge in [0.1, 0.15) is 29.8 Å². The normalized spacial score (nSPS) is 32.9. The average molecular weight is 571 g/mol. The summed E-state index contributed by atoms with van der Waals surface area (Å²) >= 11 is 0. The molecule has 3 saturated heterocycles. The van der Waals surface area contributed by atoms with Gasteiger partial charge in [-0.2, -0.15) is 0 Å². The van der Waals surface area contributed by atoms with E-state index in [4.69, 9.17) is 9.47 Å². The summed E-state index contributed by atoms with van der Waals surface area (Å²) in [5.41, 5.74) is -1.89. The highest BCUT2D eigenvalue weighted by atomic mass is 16.6. The first kappa shape index (κ1) is 29.1. The predicted molar refractivity (Wildman–Crippen MR) is 148 cm³/mol. The van der Waals surface area contributed by atoms with Gasteiger partial charge in [-0.1, -0.05) is 31.2 Å². The number of amides is 4. The third-order valence-corrected chi connectivity index (χ3v) is 9.14. The monoisotopic (exact) mass is 570 g/mol. The van der Waals surface area contributed by atoms with Crippen molar-refractivity contribution in [3.8, 4) is 0 Å². The summed E-state index contributed by atoms with van der Waals surface area (Å²) in [7, 11) is 1.29. The predicted octanol–water partition coefficient (Wildman–Crippen LogP) is 2.25. The van der Waals surface area contributed by atoms with Gasteiger partial charge in [0, 0.05) is 19.0 Å². The zero-order valence-electron chi connectivity index (χ0n) is 24.7. The highest BCUT2D eigenvalue weighted by molar-refractivity contribution is 5.99. The van der Waals surface area contributed by atoms with E-state index in [1.54, 1.807) is 30.6 Å². The number of methoxy groups -OCH3 is 1. The van der Waals surface area contributed by atoms with Crippen molar-refractivity contribution in [2.45, 2.75) is 102 Å². The van der Waals surface area contributed by atoms with Crippen LogP contribution in [0, 0.1) is 5.92 Å². The van der Waals surface area contributed by atoms with E-state index < -0.39 is 35.3 Å². The lowest BCUT2D eigenvalue weighted by Gasteiger charge is -2.44. The van der Waals surface area contributed by atoms with Crippen LogP contribution in [0.1, 0.15) is 66.2 Å². The minimum atomic E-state index is -1.18. The molecule has 0 aliphatic carbocycles. The number of rotatable bonds is 4. The topological polar surface area (TPSA) is 117 Å². The zero-order valence-corrected chi connectivity index (χ0v) is 24.7. The zero-order chi connectivity index (χ0) is 29.7. The van der Waals surface area contributed by atoms with E-state index in [1.807, 2.05) is 31.2 Å². The number of nitrogens with zero attached hydrogens (tertiary/aromatic N) is 4. The van der Waals surface area contributed by atoms with E-state index in [-0.39, 0.29) is 42.3 Å². The second-order valence-corrected chi connectivity index (χ2v) is 12.7. The van der Waals surface area contributed by atoms with Crippen molar-refractivity contribution in [3.63, 3.8) is 0 Å². The van der Waals surface area contributed by atoms with E-state index in [0.717, 1.165) is 0 Å². The van der Waals surface area contributed by atoms with Gasteiger partial charge in [-0.15, -0.1) is 0 Å². The molecule has 4 amide bonds. The highest BCUT2D eigenvalue weighted by Gasteiger charge is 2.58. The van der Waals surface area contributed by atoms with Crippen LogP contribution in [0.4, 0.5) is 4.79 Å². The fourth-order valence-corrected chi connectivity index (χ4v) is 7.17. The summed E-state index contributed by atoms with van der Waals surface area (Å²) in [5, 5.41) is 0. The van der Waals surface area contributed by atoms with Gasteiger partial charge in [0.2, 0.25) is 11.8 Å². The molecule has 5 rings (SSSR count). The Morgan fingerprint density at radius 3 is 2.49 bits per heavy atom. The van der Waals surface area contributed by atoms with E-state index in [2.05, 4.69) is 0 Å². The lowest BCUT2D eigenvalue weighted by Crippen LogP contribution is -2.64. The molecule has 224 valence electrons. The molecule has 5 aliphatic rings. The SMILES string of the molecule is CC[C@@H]1C=C[C@H]2CCN(C(=O)[C@@H]3CC[C@H]4C=C[C@]5(CCCN5C(=O)OC(C)(C)C)C(=O)N43)C2C(=O)N1CC(=O)OC. The van der Waals surface area contributed by atoms with Gasteiger partial charge in [0.15, 0.2) is 0 Å². The maximum Gasteiger partial charge on any atom is 0.411 e. The van der Waals surface area contributed by atoms with Crippen LogP contribution in [-0.2, 0) is 28.7 Å². The lowest BCUT2D eigenvalue weighted by atomic mass is 9.89. The summed E-state index contributed by atoms with van der Waals surface area (Å²) in [6.07, 6.45) is 10.7. The van der Waals surface area contributed by atoms with Crippen LogP contribution in [0.25, 0.3) is 0 Å². The van der Waals surface area contributed by atoms with Crippen molar-refractivity contribution < 1.29 is 33.4 Å². The van der Waals surface area contributed by atoms with E-state index >= 15 is 0 Å². The first-order valence-electron chi connectivity index (χ1n) is 14.8. The standard InChI is InChI=1S/C30H42N4O7/c1-6-20-9-8-19-13-17-31(24(19)26(37)32(20)18-23(35)40-5)25(36)22-11-10-21-12-15-30(27(38)34(21)22)14-7-16-33(30)28(39)41-29(2,3)4/h8-9,12,15,19-22,24H,6-7,10-11,13-14,16-18H2,1-5H3/t19-,20+,21-,22-,24?,30+/m0/s1. The Balaban J connectivity index is 1.40. The minimum absolute atomic E-state index is 0.166. The van der Waals surface area contributed by atoms with Crippen molar-refractivity contribution in [2.75, 3.05) is 26.7 Å². The summed E-state index contributed by atoms with van der Waals surface area (Å²) in [5.74, 6) is -1.46. The first-order chi connectivity index (χ1) is 19.4. The number of esters is 1. The number of hydrogen-bond acceptors (Lipinski definition) is 7. The molecule has 0 saturated carbocycles. The Labute approximate surface area is 241 Å². The van der Waals surface area contributed by atoms with Crippen LogP contribution in [0.2, 0.25) is 0 Å². The van der Waals surface area contributed by atoms with Crippen LogP contribution >= 0.6 is 0 Å². The second-order valence-electron chi connectivity index (χ2n) is 12.7. The van der Waals surface area contributed by atoms with Gasteiger partial charge in [0.25, 0.3) is 5.91 Å². The van der Waals surface area contributed by atoms with Crippen LogP contribution in [-0.4, -0.2) is 111 Å². The third-order valence-electron chi connectivity index (χ3n) is 9.14. The molecule has 41 heavy (non-hydrogen) atoms. The van der Waals surface area contributed by atoms with Crippen LogP contribution < -0.4 is 0 Å². The molecule has 0 aromatic carbocycles. The van der Waals surface area contributed by atoms with Gasteiger partial charge in [-0.05, 0) is 59.3 Å². The molecular formula is C30H42N4O7. The van der Waals surface area contributed by atoms with E-state index in [0.29, 0.717) is 51.6 Å². The van der Waals surface area contributed by atoms with Gasteiger partial charge >= 0.3 is 12.1 Å². The number of fused-ring (bicyclic) bond motifs is 2. The number of carbonyl (C=O) groups is 5. The fraction of sp³-hybridized carbons (Fsp3) is 0.700. The molecule has 0 radical (unpaired) electrons. The van der Waals surface area contributed by atoms with Crippen LogP contribution in [0.5, 0.6) is 0 Å². The molecule has 1 spiro atoms. The Bertz CT molecular complexity index is 1180. The van der Waals surface area contributed by atoms with Crippen molar-refractivity contribution in [2.24, 2.45) is 5.92 Å². The molecule has 0 N–H and O–H groups in total. The van der Waals surface area contributed by atoms with Crippen molar-refractivity contribution >= 4 is 29.8 Å². The van der Waals surface area contributed by atoms with Gasteiger partial charge in [-0.25, -0.2) is 4.79 Å². The average Bonchev–Trinajstić information content (AvgIpc) is 3.64. The summed E-state index contributed by atoms with van der Waals surface area (Å²) in [6, 6.07) is -1.99. The van der Waals surface area contributed by atoms with Gasteiger partial charge in [-0.3, -0.25) is 24.1 Å². The molecule has 5 aliphatic heterocycles. The fourth-order valence-electron chi connectivity index (χ4n) is 7.17. The largest absolute Gasteiger partial charge is 0.468 e. The Kier molecular flexibility index (Phi) is 7.67. The van der Waals surface area contributed by atoms with E-state index in [9.17, 15) is 24.0 Å². The Morgan fingerprint density at radius 1 is 1.05 bits per heavy atom. The van der Waals surface area contributed by atoms with Crippen LogP contribution in [0.15, 0.2) is 24.3 Å². The maximum absolute atomic E-state index is 14.2. The van der Waals surface area contributed by atoms with E-state index in [1.165, 1.54) is 16.9 Å². The second kappa shape index (κ2) is 10.8. The van der Waals surface area contributed by atoms with Crippen molar-refractivity contribution in [3.05, 3.63) is 24.3 Å². The van der Waals surface area contributed by atoms with Crippen molar-refractivity contribution in [1.82, 2.24) is 19.6 Å². The number of likely N-dealkylation sites (tertiary alicyclic amines) is 2. The molecule has 0 aromatic rings. The molecule has 11 nitrogen and oxygen atoms in total. The van der Waals surface area contributed by atoms with Gasteiger partial charge in [0.05, 0.1) is 19.2 Å². The van der Waals surface area contributed by atoms with Crippen molar-refractivity contribution in [1.29, 1.82) is 0 Å². The number of ether oxygens (including phenoxy) is 2. The molecule has 0 aromatic heterocycles. The summed E-state index contributed by atoms with van der Waals surface area (Å²) in [4.78, 5) is 74.0. The lowest BCUT2D eigenvalue weighted by molar-refractivity contribution is -0.155. The molecule has 6 atom stereocenters. The minimum Gasteiger partial charge on any atom is -0.468 e. The number of hydrogen-bond donors (Lipinski definition) is 0. The molecule has 3 fully saturated rings. The summed E-state index contributed by atoms with van der Waals surface area (Å²) < 4.78 is 10.5. The maximum atomic E-state index is 14.2. The smallest absolute Gasteiger partial charge is 0.411 e. The molecular weight excluding hydrogens is 528 g/mol. The van der Waals surface area contributed by atoms with Gasteiger partial charge < -0.3 is 24.2 Å². The first-order valence-corrected chi connectivity index (χ1v) is 14.8. The highest BCUT2D eigenvalue weighted by Crippen LogP contribution is 2.42. The third kappa shape index (κ3) is 5.01. The molecule has 1 unspecified atom stereocenters. The molecule has 5 heterocycles. The summed E-state index contributed by atoms with van der Waals surface area (Å²) in [6.45, 7) is 7.92. The van der Waals surface area contributed by atoms with Crippen LogP contribution in [0.3, 0.4) is 0 Å². The quantitative estimate of drug-likeness (QED) is 0.376. The molecule has 0 bridgehead atoms. The number of carbonyl (C=O) groups excluding carboxylic acids is 5. The Hall–Kier alpha value is -3.37.